The number of likely N-dealkylation sites (tertiary alicyclic amines) is 2. The lowest BCUT2D eigenvalue weighted by Crippen LogP contribution is -2.54. The third-order valence-corrected chi connectivity index (χ3v) is 5.40. The van der Waals surface area contributed by atoms with Gasteiger partial charge >= 0.3 is 0 Å². The van der Waals surface area contributed by atoms with Gasteiger partial charge in [-0.3, -0.25) is 9.59 Å². The topological polar surface area (TPSA) is 82.8 Å². The van der Waals surface area contributed by atoms with E-state index in [0.717, 1.165) is 32.1 Å². The summed E-state index contributed by atoms with van der Waals surface area (Å²) in [5.74, 6) is 1.61. The fourth-order valence-electron chi connectivity index (χ4n) is 3.82. The third-order valence-electron chi connectivity index (χ3n) is 5.40. The van der Waals surface area contributed by atoms with E-state index in [1.165, 1.54) is 0 Å². The summed E-state index contributed by atoms with van der Waals surface area (Å²) in [4.78, 5) is 35.1. The zero-order valence-corrected chi connectivity index (χ0v) is 16.0. The van der Waals surface area contributed by atoms with Gasteiger partial charge in [-0.15, -0.1) is 0 Å². The molecule has 8 heteroatoms. The first-order valence-corrected chi connectivity index (χ1v) is 9.60. The Kier molecular flexibility index (Phi) is 5.78. The summed E-state index contributed by atoms with van der Waals surface area (Å²) >= 11 is 0. The molecule has 3 heterocycles. The van der Waals surface area contributed by atoms with E-state index < -0.39 is 0 Å². The van der Waals surface area contributed by atoms with Crippen molar-refractivity contribution in [2.45, 2.75) is 57.4 Å². The second kappa shape index (κ2) is 8.05. The number of amides is 2. The average Bonchev–Trinajstić information content (AvgIpc) is 3.17. The first-order valence-electron chi connectivity index (χ1n) is 9.60. The molecule has 1 atom stereocenters. The first-order chi connectivity index (χ1) is 12.5. The number of hydrogen-bond acceptors (Lipinski definition) is 6. The van der Waals surface area contributed by atoms with Gasteiger partial charge in [0, 0.05) is 46.1 Å². The summed E-state index contributed by atoms with van der Waals surface area (Å²) in [6, 6.07) is -0.281. The molecule has 0 N–H and O–H groups in total. The molecule has 2 amide bonds. The zero-order chi connectivity index (χ0) is 18.7. The van der Waals surface area contributed by atoms with Gasteiger partial charge in [0.25, 0.3) is 5.95 Å². The Morgan fingerprint density at radius 2 is 1.88 bits per heavy atom. The maximum atomic E-state index is 13.0. The van der Waals surface area contributed by atoms with E-state index in [9.17, 15) is 9.59 Å². The summed E-state index contributed by atoms with van der Waals surface area (Å²) < 4.78 is 5.38. The Balaban J connectivity index is 1.59. The smallest absolute Gasteiger partial charge is 0.265 e. The second-order valence-electron chi connectivity index (χ2n) is 7.38. The van der Waals surface area contributed by atoms with E-state index in [1.54, 1.807) is 4.90 Å². The van der Waals surface area contributed by atoms with Crippen LogP contribution in [0.1, 0.15) is 57.3 Å². The zero-order valence-electron chi connectivity index (χ0n) is 16.0. The number of piperidine rings is 2. The summed E-state index contributed by atoms with van der Waals surface area (Å²) in [6.45, 7) is 3.91. The molecule has 1 aromatic rings. The fraction of sp³-hybridized carbons (Fsp3) is 0.778. The molecule has 0 radical (unpaired) electrons. The van der Waals surface area contributed by atoms with Crippen LogP contribution < -0.4 is 4.90 Å². The van der Waals surface area contributed by atoms with E-state index in [2.05, 4.69) is 10.1 Å². The van der Waals surface area contributed by atoms with E-state index in [4.69, 9.17) is 4.52 Å². The van der Waals surface area contributed by atoms with Gasteiger partial charge in [-0.25, -0.2) is 0 Å². The van der Waals surface area contributed by atoms with Crippen LogP contribution in [0, 0.1) is 0 Å². The Morgan fingerprint density at radius 3 is 2.50 bits per heavy atom. The van der Waals surface area contributed by atoms with E-state index >= 15 is 0 Å². The van der Waals surface area contributed by atoms with Gasteiger partial charge in [-0.2, -0.15) is 4.98 Å². The number of rotatable bonds is 4. The minimum absolute atomic E-state index is 0.0833. The molecular weight excluding hydrogens is 334 g/mol. The van der Waals surface area contributed by atoms with Crippen LogP contribution in [0.15, 0.2) is 4.52 Å². The van der Waals surface area contributed by atoms with Crippen molar-refractivity contribution < 1.29 is 14.1 Å². The van der Waals surface area contributed by atoms with Crippen LogP contribution in [0.5, 0.6) is 0 Å². The molecule has 2 fully saturated rings. The maximum absolute atomic E-state index is 13.0. The fourth-order valence-corrected chi connectivity index (χ4v) is 3.82. The molecule has 26 heavy (non-hydrogen) atoms. The van der Waals surface area contributed by atoms with Crippen LogP contribution in [0.3, 0.4) is 0 Å². The van der Waals surface area contributed by atoms with Crippen LogP contribution in [0.25, 0.3) is 0 Å². The lowest BCUT2D eigenvalue weighted by Gasteiger charge is -2.39. The second-order valence-corrected chi connectivity index (χ2v) is 7.38. The number of anilines is 1. The largest absolute Gasteiger partial charge is 0.344 e. The molecule has 0 aromatic carbocycles. The average molecular weight is 363 g/mol. The van der Waals surface area contributed by atoms with Gasteiger partial charge in [-0.1, -0.05) is 6.92 Å². The summed E-state index contributed by atoms with van der Waals surface area (Å²) in [7, 11) is 3.76. The molecule has 0 aliphatic carbocycles. The van der Waals surface area contributed by atoms with Gasteiger partial charge < -0.3 is 19.2 Å². The van der Waals surface area contributed by atoms with Crippen molar-refractivity contribution in [1.29, 1.82) is 0 Å². The van der Waals surface area contributed by atoms with Crippen LogP contribution >= 0.6 is 0 Å². The number of hydrogen-bond donors (Lipinski definition) is 0. The van der Waals surface area contributed by atoms with Crippen LogP contribution in [0.2, 0.25) is 0 Å². The molecule has 1 aromatic heterocycles. The summed E-state index contributed by atoms with van der Waals surface area (Å²) in [6.07, 6.45) is 4.86. The Morgan fingerprint density at radius 1 is 1.15 bits per heavy atom. The van der Waals surface area contributed by atoms with Gasteiger partial charge in [-0.05, 0) is 37.3 Å². The summed E-state index contributed by atoms with van der Waals surface area (Å²) in [5, 5.41) is 3.97. The SMILES string of the molecule is CCC(=O)N1CCCC[C@@H]1C(=O)N1CCC(c2nc(N(C)C)no2)CC1. The molecule has 8 nitrogen and oxygen atoms in total. The van der Waals surface area contributed by atoms with Crippen molar-refractivity contribution in [3.63, 3.8) is 0 Å². The molecule has 0 saturated carbocycles. The van der Waals surface area contributed by atoms with Crippen LogP contribution in [0.4, 0.5) is 5.95 Å². The predicted octanol–water partition coefficient (Wildman–Crippen LogP) is 1.63. The quantitative estimate of drug-likeness (QED) is 0.809. The van der Waals surface area contributed by atoms with Crippen molar-refractivity contribution >= 4 is 17.8 Å². The van der Waals surface area contributed by atoms with Gasteiger partial charge in [0.05, 0.1) is 0 Å². The van der Waals surface area contributed by atoms with Crippen molar-refractivity contribution in [3.05, 3.63) is 5.89 Å². The number of carbonyl (C=O) groups is 2. The Labute approximate surface area is 154 Å². The molecule has 0 spiro atoms. The summed E-state index contributed by atoms with van der Waals surface area (Å²) in [5.41, 5.74) is 0. The van der Waals surface area contributed by atoms with Crippen molar-refractivity contribution in [3.8, 4) is 0 Å². The Hall–Kier alpha value is -2.12. The van der Waals surface area contributed by atoms with Crippen molar-refractivity contribution in [1.82, 2.24) is 19.9 Å². The van der Waals surface area contributed by atoms with Crippen LogP contribution in [-0.4, -0.2) is 71.5 Å². The van der Waals surface area contributed by atoms with Gasteiger partial charge in [0.15, 0.2) is 0 Å². The maximum Gasteiger partial charge on any atom is 0.265 e. The first kappa shape index (κ1) is 18.7. The molecular formula is C18H29N5O3. The standard InChI is InChI=1S/C18H29N5O3/c1-4-15(24)23-10-6-5-7-14(23)17(25)22-11-8-13(9-12-22)16-19-18(20-26-16)21(2)3/h13-14H,4-12H2,1-3H3/t14-/m1/s1. The lowest BCUT2D eigenvalue weighted by atomic mass is 9.94. The number of aromatic nitrogens is 2. The number of nitrogens with zero attached hydrogens (tertiary/aromatic N) is 5. The molecule has 144 valence electrons. The van der Waals surface area contributed by atoms with E-state index in [0.29, 0.717) is 37.9 Å². The normalized spacial score (nSPS) is 21.7. The molecule has 2 aliphatic rings. The molecule has 0 bridgehead atoms. The highest BCUT2D eigenvalue weighted by Gasteiger charge is 2.36. The third kappa shape index (κ3) is 3.83. The highest BCUT2D eigenvalue weighted by molar-refractivity contribution is 5.88. The lowest BCUT2D eigenvalue weighted by molar-refractivity contribution is -0.148. The van der Waals surface area contributed by atoms with Crippen LogP contribution in [-0.2, 0) is 9.59 Å². The van der Waals surface area contributed by atoms with E-state index in [-0.39, 0.29) is 23.8 Å². The molecule has 2 aliphatic heterocycles. The van der Waals surface area contributed by atoms with Gasteiger partial charge in [0.1, 0.15) is 6.04 Å². The van der Waals surface area contributed by atoms with E-state index in [1.807, 2.05) is 30.8 Å². The highest BCUT2D eigenvalue weighted by atomic mass is 16.5. The molecule has 3 rings (SSSR count). The highest BCUT2D eigenvalue weighted by Crippen LogP contribution is 2.29. The molecule has 0 unspecified atom stereocenters. The molecule has 2 saturated heterocycles. The Bertz CT molecular complexity index is 637. The van der Waals surface area contributed by atoms with Crippen molar-refractivity contribution in [2.24, 2.45) is 0 Å². The van der Waals surface area contributed by atoms with Crippen molar-refractivity contribution in [2.75, 3.05) is 38.6 Å². The minimum atomic E-state index is -0.281. The van der Waals surface area contributed by atoms with Gasteiger partial charge in [0.2, 0.25) is 17.7 Å². The predicted molar refractivity (Wildman–Crippen MR) is 96.8 cm³/mol. The number of carbonyl (C=O) groups excluding carboxylic acids is 2. The minimum Gasteiger partial charge on any atom is -0.344 e. The monoisotopic (exact) mass is 363 g/mol.